The molecular formula is C13H11BrN4OS2. The van der Waals surface area contributed by atoms with Crippen molar-refractivity contribution in [3.8, 4) is 10.7 Å². The molecule has 0 aliphatic rings. The van der Waals surface area contributed by atoms with E-state index in [9.17, 15) is 4.79 Å². The van der Waals surface area contributed by atoms with Crippen LogP contribution in [0.1, 0.15) is 15.4 Å². The number of nitrogens with zero attached hydrogens (tertiary/aromatic N) is 3. The van der Waals surface area contributed by atoms with Crippen LogP contribution in [-0.4, -0.2) is 20.4 Å². The summed E-state index contributed by atoms with van der Waals surface area (Å²) >= 11 is 6.17. The Kier molecular flexibility index (Phi) is 3.92. The van der Waals surface area contributed by atoms with Crippen molar-refractivity contribution in [1.82, 2.24) is 14.5 Å². The van der Waals surface area contributed by atoms with Gasteiger partial charge in [0.2, 0.25) is 0 Å². The number of nitrogens with one attached hydrogen (secondary N) is 1. The van der Waals surface area contributed by atoms with Crippen LogP contribution in [0, 0.1) is 6.92 Å². The van der Waals surface area contributed by atoms with Crippen molar-refractivity contribution in [2.45, 2.75) is 6.92 Å². The van der Waals surface area contributed by atoms with Gasteiger partial charge in [0.05, 0.1) is 19.2 Å². The van der Waals surface area contributed by atoms with Crippen molar-refractivity contribution in [2.75, 3.05) is 5.32 Å². The SMILES string of the molecule is Cc1nc(NC(=O)c2ccc(Br)s2)sc1-c1nccn1C. The summed E-state index contributed by atoms with van der Waals surface area (Å²) < 4.78 is 2.86. The Morgan fingerprint density at radius 2 is 2.19 bits per heavy atom. The zero-order chi connectivity index (χ0) is 15.0. The van der Waals surface area contributed by atoms with Crippen molar-refractivity contribution in [3.05, 3.63) is 38.9 Å². The van der Waals surface area contributed by atoms with Crippen LogP contribution >= 0.6 is 38.6 Å². The Hall–Kier alpha value is -1.51. The average molecular weight is 383 g/mol. The molecular weight excluding hydrogens is 372 g/mol. The summed E-state index contributed by atoms with van der Waals surface area (Å²) in [5.41, 5.74) is 0.858. The number of thiophene rings is 1. The summed E-state index contributed by atoms with van der Waals surface area (Å²) in [6.07, 6.45) is 3.63. The summed E-state index contributed by atoms with van der Waals surface area (Å²) in [6, 6.07) is 3.64. The number of hydrogen-bond donors (Lipinski definition) is 1. The molecule has 0 unspecified atom stereocenters. The molecule has 1 amide bonds. The maximum Gasteiger partial charge on any atom is 0.267 e. The van der Waals surface area contributed by atoms with E-state index in [1.165, 1.54) is 22.7 Å². The Morgan fingerprint density at radius 1 is 1.38 bits per heavy atom. The van der Waals surface area contributed by atoms with Crippen LogP contribution in [0.3, 0.4) is 0 Å². The van der Waals surface area contributed by atoms with Crippen molar-refractivity contribution < 1.29 is 4.79 Å². The predicted octanol–water partition coefficient (Wildman–Crippen LogP) is 3.93. The second kappa shape index (κ2) is 5.70. The highest BCUT2D eigenvalue weighted by Gasteiger charge is 2.16. The highest BCUT2D eigenvalue weighted by Crippen LogP contribution is 2.32. The Balaban J connectivity index is 1.85. The van der Waals surface area contributed by atoms with Crippen LogP contribution in [0.4, 0.5) is 5.13 Å². The molecule has 0 radical (unpaired) electrons. The molecule has 3 rings (SSSR count). The third-order valence-corrected chi connectivity index (χ3v) is 5.53. The fraction of sp³-hybridized carbons (Fsp3) is 0.154. The Labute approximate surface area is 137 Å². The summed E-state index contributed by atoms with van der Waals surface area (Å²) in [7, 11) is 1.93. The number of imidazole rings is 1. The van der Waals surface area contributed by atoms with E-state index in [-0.39, 0.29) is 5.91 Å². The van der Waals surface area contributed by atoms with Crippen molar-refractivity contribution in [3.63, 3.8) is 0 Å². The van der Waals surface area contributed by atoms with Gasteiger partial charge in [0.25, 0.3) is 5.91 Å². The monoisotopic (exact) mass is 382 g/mol. The molecule has 108 valence electrons. The number of aryl methyl sites for hydroxylation is 2. The number of carbonyl (C=O) groups excluding carboxylic acids is 1. The largest absolute Gasteiger partial charge is 0.333 e. The highest BCUT2D eigenvalue weighted by molar-refractivity contribution is 9.11. The number of aromatic nitrogens is 3. The first-order chi connectivity index (χ1) is 10.0. The molecule has 0 aliphatic heterocycles. The first-order valence-electron chi connectivity index (χ1n) is 6.06. The molecule has 0 saturated heterocycles. The van der Waals surface area contributed by atoms with Gasteiger partial charge in [0.15, 0.2) is 11.0 Å². The number of rotatable bonds is 3. The maximum absolute atomic E-state index is 12.1. The normalized spacial score (nSPS) is 10.8. The molecule has 0 aliphatic carbocycles. The van der Waals surface area contributed by atoms with E-state index in [1.54, 1.807) is 12.3 Å². The van der Waals surface area contributed by atoms with E-state index >= 15 is 0 Å². The lowest BCUT2D eigenvalue weighted by molar-refractivity contribution is 0.103. The number of halogens is 1. The van der Waals surface area contributed by atoms with Gasteiger partial charge in [-0.1, -0.05) is 11.3 Å². The van der Waals surface area contributed by atoms with Crippen LogP contribution in [0.2, 0.25) is 0 Å². The molecule has 21 heavy (non-hydrogen) atoms. The van der Waals surface area contributed by atoms with Gasteiger partial charge >= 0.3 is 0 Å². The number of hydrogen-bond acceptors (Lipinski definition) is 5. The van der Waals surface area contributed by atoms with Gasteiger partial charge in [-0.2, -0.15) is 0 Å². The number of anilines is 1. The van der Waals surface area contributed by atoms with Gasteiger partial charge in [-0.3, -0.25) is 10.1 Å². The van der Waals surface area contributed by atoms with Gasteiger partial charge in [-0.15, -0.1) is 11.3 Å². The Morgan fingerprint density at radius 3 is 2.81 bits per heavy atom. The van der Waals surface area contributed by atoms with Gasteiger partial charge in [-0.05, 0) is 35.0 Å². The molecule has 3 aromatic rings. The molecule has 5 nitrogen and oxygen atoms in total. The molecule has 0 fully saturated rings. The summed E-state index contributed by atoms with van der Waals surface area (Å²) in [4.78, 5) is 22.5. The lowest BCUT2D eigenvalue weighted by atomic mass is 10.4. The van der Waals surface area contributed by atoms with Crippen LogP contribution in [0.15, 0.2) is 28.3 Å². The molecule has 0 bridgehead atoms. The first kappa shape index (κ1) is 14.4. The molecule has 3 aromatic heterocycles. The minimum atomic E-state index is -0.147. The predicted molar refractivity (Wildman–Crippen MR) is 89.0 cm³/mol. The van der Waals surface area contributed by atoms with Crippen molar-refractivity contribution in [1.29, 1.82) is 0 Å². The molecule has 0 spiro atoms. The highest BCUT2D eigenvalue weighted by atomic mass is 79.9. The minimum absolute atomic E-state index is 0.147. The van der Waals surface area contributed by atoms with Crippen molar-refractivity contribution in [2.24, 2.45) is 7.05 Å². The topological polar surface area (TPSA) is 59.8 Å². The van der Waals surface area contributed by atoms with E-state index in [0.29, 0.717) is 10.0 Å². The fourth-order valence-electron chi connectivity index (χ4n) is 1.84. The van der Waals surface area contributed by atoms with E-state index in [1.807, 2.05) is 30.8 Å². The van der Waals surface area contributed by atoms with Crippen LogP contribution in [-0.2, 0) is 7.05 Å². The molecule has 0 atom stereocenters. The molecule has 1 N–H and O–H groups in total. The fourth-order valence-corrected chi connectivity index (χ4v) is 4.12. The second-order valence-electron chi connectivity index (χ2n) is 4.35. The van der Waals surface area contributed by atoms with Gasteiger partial charge in [0, 0.05) is 19.4 Å². The quantitative estimate of drug-likeness (QED) is 0.746. The van der Waals surface area contributed by atoms with Crippen molar-refractivity contribution >= 4 is 49.6 Å². The van der Waals surface area contributed by atoms with E-state index in [2.05, 4.69) is 31.2 Å². The second-order valence-corrected chi connectivity index (χ2v) is 7.82. The maximum atomic E-state index is 12.1. The molecule has 0 saturated carbocycles. The van der Waals surface area contributed by atoms with Gasteiger partial charge < -0.3 is 4.57 Å². The summed E-state index contributed by atoms with van der Waals surface area (Å²) in [5, 5.41) is 3.42. The van der Waals surface area contributed by atoms with E-state index in [0.717, 1.165) is 20.2 Å². The minimum Gasteiger partial charge on any atom is -0.333 e. The first-order valence-corrected chi connectivity index (χ1v) is 8.49. The van der Waals surface area contributed by atoms with E-state index < -0.39 is 0 Å². The zero-order valence-electron chi connectivity index (χ0n) is 11.3. The molecule has 0 aromatic carbocycles. The Bertz CT molecular complexity index is 805. The lowest BCUT2D eigenvalue weighted by Gasteiger charge is -1.98. The third-order valence-electron chi connectivity index (χ3n) is 2.84. The third kappa shape index (κ3) is 2.92. The lowest BCUT2D eigenvalue weighted by Crippen LogP contribution is -2.09. The average Bonchev–Trinajstić information content (AvgIpc) is 3.11. The molecule has 8 heteroatoms. The van der Waals surface area contributed by atoms with Crippen LogP contribution in [0.5, 0.6) is 0 Å². The van der Waals surface area contributed by atoms with Gasteiger partial charge in [0.1, 0.15) is 0 Å². The summed E-state index contributed by atoms with van der Waals surface area (Å²) in [6.45, 7) is 1.91. The number of thiazole rings is 1. The zero-order valence-corrected chi connectivity index (χ0v) is 14.5. The van der Waals surface area contributed by atoms with Crippen LogP contribution < -0.4 is 5.32 Å². The smallest absolute Gasteiger partial charge is 0.267 e. The van der Waals surface area contributed by atoms with Crippen LogP contribution in [0.25, 0.3) is 10.7 Å². The standard InChI is InChI=1S/C13H11BrN4OS2/c1-7-10(11-15-5-6-18(11)2)21-13(16-7)17-12(19)8-3-4-9(14)20-8/h3-6H,1-2H3,(H,16,17,19). The summed E-state index contributed by atoms with van der Waals surface area (Å²) in [5.74, 6) is 0.704. The van der Waals surface area contributed by atoms with E-state index in [4.69, 9.17) is 0 Å². The number of carbonyl (C=O) groups is 1. The number of amides is 1. The van der Waals surface area contributed by atoms with Gasteiger partial charge in [-0.25, -0.2) is 9.97 Å². The molecule has 3 heterocycles.